The average molecular weight is 256 g/mol. The van der Waals surface area contributed by atoms with Crippen LogP contribution in [-0.2, 0) is 6.54 Å². The molecule has 0 aliphatic heterocycles. The van der Waals surface area contributed by atoms with E-state index >= 15 is 0 Å². The molecular weight excluding hydrogens is 234 g/mol. The summed E-state index contributed by atoms with van der Waals surface area (Å²) >= 11 is 0. The van der Waals surface area contributed by atoms with Crippen molar-refractivity contribution in [2.45, 2.75) is 32.9 Å². The topological polar surface area (TPSA) is 21.3 Å². The Hall–Kier alpha value is -0.990. The van der Waals surface area contributed by atoms with Gasteiger partial charge in [0.2, 0.25) is 0 Å². The lowest BCUT2D eigenvalue weighted by Gasteiger charge is -2.20. The fourth-order valence-corrected chi connectivity index (χ4v) is 1.23. The number of rotatable bonds is 5. The summed E-state index contributed by atoms with van der Waals surface area (Å²) in [6, 6.07) is 8.14. The van der Waals surface area contributed by atoms with Crippen LogP contribution in [0.25, 0.3) is 0 Å². The highest BCUT2D eigenvalue weighted by molar-refractivity contribution is 5.85. The number of nitrogens with one attached hydrogen (secondary N) is 1. The number of benzene rings is 1. The van der Waals surface area contributed by atoms with E-state index in [0.717, 1.165) is 12.3 Å². The Labute approximate surface area is 110 Å². The molecule has 96 valence electrons. The van der Waals surface area contributed by atoms with Crippen LogP contribution in [0.1, 0.15) is 26.3 Å². The fourth-order valence-electron chi connectivity index (χ4n) is 1.23. The van der Waals surface area contributed by atoms with E-state index in [2.05, 4.69) is 44.8 Å². The van der Waals surface area contributed by atoms with E-state index in [1.807, 2.05) is 12.1 Å². The molecule has 0 amide bonds. The van der Waals surface area contributed by atoms with Crippen molar-refractivity contribution in [3.05, 3.63) is 42.5 Å². The summed E-state index contributed by atoms with van der Waals surface area (Å²) in [5.74, 6) is 0.888. The van der Waals surface area contributed by atoms with Gasteiger partial charge in [0.05, 0.1) is 0 Å². The van der Waals surface area contributed by atoms with Crippen molar-refractivity contribution in [2.75, 3.05) is 6.61 Å². The molecule has 0 fully saturated rings. The number of hydrogen-bond acceptors (Lipinski definition) is 2. The van der Waals surface area contributed by atoms with Crippen molar-refractivity contribution < 1.29 is 4.74 Å². The third kappa shape index (κ3) is 7.03. The van der Waals surface area contributed by atoms with E-state index in [9.17, 15) is 0 Å². The number of halogens is 1. The summed E-state index contributed by atoms with van der Waals surface area (Å²) in [6.45, 7) is 11.5. The first kappa shape index (κ1) is 16.0. The first-order chi connectivity index (χ1) is 7.51. The predicted octanol–water partition coefficient (Wildman–Crippen LogP) is 3.56. The maximum atomic E-state index is 5.42. The lowest BCUT2D eigenvalue weighted by atomic mass is 10.1. The van der Waals surface area contributed by atoms with Crippen LogP contribution < -0.4 is 10.1 Å². The number of ether oxygens (including phenoxy) is 1. The molecule has 1 aromatic rings. The van der Waals surface area contributed by atoms with Crippen LogP contribution in [0.4, 0.5) is 0 Å². The van der Waals surface area contributed by atoms with Crippen molar-refractivity contribution in [3.8, 4) is 5.75 Å². The maximum Gasteiger partial charge on any atom is 0.119 e. The van der Waals surface area contributed by atoms with Crippen molar-refractivity contribution in [1.82, 2.24) is 5.32 Å². The van der Waals surface area contributed by atoms with E-state index in [-0.39, 0.29) is 17.9 Å². The Bertz CT molecular complexity index is 327. The Morgan fingerprint density at radius 1 is 1.24 bits per heavy atom. The van der Waals surface area contributed by atoms with Crippen LogP contribution in [-0.4, -0.2) is 12.1 Å². The normalized spacial score (nSPS) is 10.5. The minimum atomic E-state index is 0. The van der Waals surface area contributed by atoms with Crippen LogP contribution in [0, 0.1) is 0 Å². The zero-order chi connectivity index (χ0) is 12.0. The molecule has 0 heterocycles. The molecule has 0 aromatic heterocycles. The summed E-state index contributed by atoms with van der Waals surface area (Å²) in [4.78, 5) is 0. The highest BCUT2D eigenvalue weighted by atomic mass is 35.5. The fraction of sp³-hybridized carbons (Fsp3) is 0.429. The van der Waals surface area contributed by atoms with Crippen LogP contribution in [0.2, 0.25) is 0 Å². The molecule has 0 atom stereocenters. The van der Waals surface area contributed by atoms with Gasteiger partial charge in [0.25, 0.3) is 0 Å². The van der Waals surface area contributed by atoms with Gasteiger partial charge in [-0.2, -0.15) is 0 Å². The zero-order valence-electron chi connectivity index (χ0n) is 10.8. The second-order valence-electron chi connectivity index (χ2n) is 4.85. The lowest BCUT2D eigenvalue weighted by Crippen LogP contribution is -2.34. The molecule has 0 bridgehead atoms. The molecule has 0 aliphatic rings. The molecule has 3 heteroatoms. The Kier molecular flexibility index (Phi) is 6.93. The smallest absolute Gasteiger partial charge is 0.119 e. The Morgan fingerprint density at radius 2 is 1.82 bits per heavy atom. The number of hydrogen-bond donors (Lipinski definition) is 1. The van der Waals surface area contributed by atoms with Gasteiger partial charge in [-0.1, -0.05) is 24.8 Å². The van der Waals surface area contributed by atoms with Gasteiger partial charge in [0, 0.05) is 12.1 Å². The van der Waals surface area contributed by atoms with Gasteiger partial charge in [-0.05, 0) is 38.5 Å². The Balaban J connectivity index is 0.00000256. The van der Waals surface area contributed by atoms with Crippen molar-refractivity contribution >= 4 is 12.4 Å². The summed E-state index contributed by atoms with van der Waals surface area (Å²) in [5, 5.41) is 3.44. The highest BCUT2D eigenvalue weighted by Crippen LogP contribution is 2.12. The second kappa shape index (κ2) is 7.36. The third-order valence-electron chi connectivity index (χ3n) is 2.11. The van der Waals surface area contributed by atoms with Crippen molar-refractivity contribution in [2.24, 2.45) is 0 Å². The summed E-state index contributed by atoms with van der Waals surface area (Å²) < 4.78 is 5.42. The third-order valence-corrected chi connectivity index (χ3v) is 2.11. The van der Waals surface area contributed by atoms with Crippen molar-refractivity contribution in [3.63, 3.8) is 0 Å². The molecule has 0 unspecified atom stereocenters. The molecule has 0 saturated heterocycles. The molecule has 1 rings (SSSR count). The van der Waals surface area contributed by atoms with Gasteiger partial charge >= 0.3 is 0 Å². The van der Waals surface area contributed by atoms with E-state index in [1.54, 1.807) is 6.08 Å². The van der Waals surface area contributed by atoms with Crippen molar-refractivity contribution in [1.29, 1.82) is 0 Å². The van der Waals surface area contributed by atoms with Crippen LogP contribution in [0.3, 0.4) is 0 Å². The van der Waals surface area contributed by atoms with Crippen LogP contribution >= 0.6 is 12.4 Å². The van der Waals surface area contributed by atoms with E-state index in [1.165, 1.54) is 5.56 Å². The van der Waals surface area contributed by atoms with E-state index in [4.69, 9.17) is 4.74 Å². The van der Waals surface area contributed by atoms with Gasteiger partial charge in [0.1, 0.15) is 12.4 Å². The highest BCUT2D eigenvalue weighted by Gasteiger charge is 2.07. The molecule has 17 heavy (non-hydrogen) atoms. The lowest BCUT2D eigenvalue weighted by molar-refractivity contribution is 0.363. The molecule has 0 saturated carbocycles. The molecule has 1 N–H and O–H groups in total. The summed E-state index contributed by atoms with van der Waals surface area (Å²) in [7, 11) is 0. The maximum absolute atomic E-state index is 5.42. The van der Waals surface area contributed by atoms with Gasteiger partial charge < -0.3 is 10.1 Å². The quantitative estimate of drug-likeness (QED) is 0.813. The van der Waals surface area contributed by atoms with Gasteiger partial charge in [0.15, 0.2) is 0 Å². The minimum absolute atomic E-state index is 0. The first-order valence-electron chi connectivity index (χ1n) is 5.59. The Morgan fingerprint density at radius 3 is 2.29 bits per heavy atom. The molecule has 0 radical (unpaired) electrons. The largest absolute Gasteiger partial charge is 0.490 e. The summed E-state index contributed by atoms with van der Waals surface area (Å²) in [6.07, 6.45) is 1.75. The second-order valence-corrected chi connectivity index (χ2v) is 4.85. The first-order valence-corrected chi connectivity index (χ1v) is 5.59. The van der Waals surface area contributed by atoms with Crippen LogP contribution in [0.5, 0.6) is 5.75 Å². The van der Waals surface area contributed by atoms with Gasteiger partial charge in [-0.3, -0.25) is 0 Å². The standard InChI is InChI=1S/C14H21NO.ClH/c1-5-10-16-13-8-6-12(7-9-13)11-15-14(2,3)4;/h5-9,15H,1,10-11H2,2-4H3;1H. The minimum Gasteiger partial charge on any atom is -0.490 e. The average Bonchev–Trinajstić information content (AvgIpc) is 2.24. The predicted molar refractivity (Wildman–Crippen MR) is 76.0 cm³/mol. The molecule has 0 spiro atoms. The molecule has 0 aliphatic carbocycles. The van der Waals surface area contributed by atoms with Gasteiger partial charge in [-0.15, -0.1) is 12.4 Å². The van der Waals surface area contributed by atoms with E-state index < -0.39 is 0 Å². The molecule has 1 aromatic carbocycles. The molecule has 2 nitrogen and oxygen atoms in total. The van der Waals surface area contributed by atoms with Crippen LogP contribution in [0.15, 0.2) is 36.9 Å². The van der Waals surface area contributed by atoms with E-state index in [0.29, 0.717) is 6.61 Å². The monoisotopic (exact) mass is 255 g/mol. The summed E-state index contributed by atoms with van der Waals surface area (Å²) in [5.41, 5.74) is 1.42. The van der Waals surface area contributed by atoms with Gasteiger partial charge in [-0.25, -0.2) is 0 Å². The SMILES string of the molecule is C=CCOc1ccc(CNC(C)(C)C)cc1.Cl. The molecular formula is C14H22ClNO. The zero-order valence-corrected chi connectivity index (χ0v) is 11.6.